The lowest BCUT2D eigenvalue weighted by Crippen LogP contribution is -2.44. The van der Waals surface area contributed by atoms with Gasteiger partial charge in [-0.05, 0) is 95.9 Å². The van der Waals surface area contributed by atoms with E-state index in [1.807, 2.05) is 11.3 Å². The maximum Gasteiger partial charge on any atom is 0.230 e. The molecule has 0 amide bonds. The minimum atomic E-state index is 0.479. The molecule has 6 rings (SSSR count). The van der Waals surface area contributed by atoms with Gasteiger partial charge in [-0.3, -0.25) is 0 Å². The molecule has 2 aromatic heterocycles. The van der Waals surface area contributed by atoms with Crippen LogP contribution in [0.5, 0.6) is 0 Å². The van der Waals surface area contributed by atoms with Crippen molar-refractivity contribution < 1.29 is 0 Å². The second-order valence-electron chi connectivity index (χ2n) is 11.0. The lowest BCUT2D eigenvalue weighted by molar-refractivity contribution is 0.221. The van der Waals surface area contributed by atoms with E-state index in [-0.39, 0.29) is 0 Å². The van der Waals surface area contributed by atoms with E-state index < -0.39 is 0 Å². The number of aryl methyl sites for hydroxylation is 2. The zero-order valence-electron chi connectivity index (χ0n) is 21.9. The molecule has 2 aliphatic carbocycles. The van der Waals surface area contributed by atoms with Crippen molar-refractivity contribution >= 4 is 44.7 Å². The summed E-state index contributed by atoms with van der Waals surface area (Å²) in [4.78, 5) is 19.9. The minimum absolute atomic E-state index is 0.479. The first-order valence-corrected chi connectivity index (χ1v) is 14.4. The van der Waals surface area contributed by atoms with Gasteiger partial charge in [0.15, 0.2) is 0 Å². The van der Waals surface area contributed by atoms with Crippen LogP contribution in [-0.4, -0.2) is 79.2 Å². The number of likely N-dealkylation sites (N-methyl/N-ethyl adjacent to an activating group) is 1. The third-order valence-electron chi connectivity index (χ3n) is 8.32. The second-order valence-corrected chi connectivity index (χ2v) is 12.1. The van der Waals surface area contributed by atoms with Crippen LogP contribution in [0, 0.1) is 0 Å². The van der Waals surface area contributed by atoms with Crippen LogP contribution in [0.4, 0.5) is 23.1 Å². The quantitative estimate of drug-likeness (QED) is 0.491. The number of hydrogen-bond donors (Lipinski definition) is 2. The van der Waals surface area contributed by atoms with Gasteiger partial charge < -0.3 is 25.3 Å². The predicted molar refractivity (Wildman–Crippen MR) is 152 cm³/mol. The summed E-state index contributed by atoms with van der Waals surface area (Å²) in [5.74, 6) is 1.73. The summed E-state index contributed by atoms with van der Waals surface area (Å²) >= 11 is 1.86. The molecule has 0 radical (unpaired) electrons. The summed E-state index contributed by atoms with van der Waals surface area (Å²) in [5, 5.41) is 8.65. The minimum Gasteiger partial charge on any atom is -0.369 e. The average molecular weight is 506 g/mol. The number of fused-ring (bicyclic) bond motifs is 3. The Labute approximate surface area is 218 Å². The third-order valence-corrected chi connectivity index (χ3v) is 9.51. The second kappa shape index (κ2) is 10.1. The molecule has 1 saturated carbocycles. The van der Waals surface area contributed by atoms with Gasteiger partial charge in [-0.15, -0.1) is 11.3 Å². The van der Waals surface area contributed by atoms with E-state index in [9.17, 15) is 0 Å². The molecule has 36 heavy (non-hydrogen) atoms. The lowest BCUT2D eigenvalue weighted by atomic mass is 9.90. The molecule has 0 atom stereocenters. The van der Waals surface area contributed by atoms with Crippen molar-refractivity contribution in [3.63, 3.8) is 0 Å². The molecule has 7 nitrogen and oxygen atoms in total. The highest BCUT2D eigenvalue weighted by Crippen LogP contribution is 2.41. The van der Waals surface area contributed by atoms with Crippen molar-refractivity contribution in [1.29, 1.82) is 0 Å². The third kappa shape index (κ3) is 4.91. The molecule has 0 spiro atoms. The average Bonchev–Trinajstić information content (AvgIpc) is 3.47. The van der Waals surface area contributed by atoms with Crippen molar-refractivity contribution in [3.05, 3.63) is 34.7 Å². The summed E-state index contributed by atoms with van der Waals surface area (Å²) in [6.07, 6.45) is 8.46. The van der Waals surface area contributed by atoms with Crippen molar-refractivity contribution in [3.8, 4) is 0 Å². The lowest BCUT2D eigenvalue weighted by Gasteiger charge is -2.34. The fourth-order valence-corrected chi connectivity index (χ4v) is 7.30. The smallest absolute Gasteiger partial charge is 0.230 e. The summed E-state index contributed by atoms with van der Waals surface area (Å²) in [6.45, 7) is 4.39. The van der Waals surface area contributed by atoms with Gasteiger partial charge in [0.05, 0.1) is 5.39 Å². The Morgan fingerprint density at radius 2 is 1.69 bits per heavy atom. The topological polar surface area (TPSA) is 59.6 Å². The summed E-state index contributed by atoms with van der Waals surface area (Å²) in [6, 6.07) is 9.93. The van der Waals surface area contributed by atoms with Gasteiger partial charge >= 0.3 is 0 Å². The first-order chi connectivity index (χ1) is 17.5. The molecule has 3 aromatic rings. The fourth-order valence-electron chi connectivity index (χ4n) is 6.04. The largest absolute Gasteiger partial charge is 0.369 e. The zero-order valence-corrected chi connectivity index (χ0v) is 22.7. The molecule has 8 heteroatoms. The molecule has 1 saturated heterocycles. The van der Waals surface area contributed by atoms with Crippen LogP contribution in [0.15, 0.2) is 24.3 Å². The van der Waals surface area contributed by atoms with E-state index in [2.05, 4.69) is 70.7 Å². The molecule has 1 aliphatic heterocycles. The highest BCUT2D eigenvalue weighted by Gasteiger charge is 2.26. The van der Waals surface area contributed by atoms with Gasteiger partial charge in [0.2, 0.25) is 5.95 Å². The van der Waals surface area contributed by atoms with E-state index in [1.54, 1.807) is 0 Å². The maximum atomic E-state index is 5.06. The van der Waals surface area contributed by atoms with Crippen molar-refractivity contribution in [2.45, 2.75) is 57.0 Å². The number of thiophene rings is 1. The van der Waals surface area contributed by atoms with E-state index in [0.29, 0.717) is 18.0 Å². The Hall–Kier alpha value is -2.42. The van der Waals surface area contributed by atoms with Crippen LogP contribution in [0.2, 0.25) is 0 Å². The van der Waals surface area contributed by atoms with E-state index >= 15 is 0 Å². The number of anilines is 4. The standard InChI is InChI=1S/C28H39N7S/c1-33(2)21-11-7-19(8-12-21)29-26-25-23-5-4-6-24(23)36-27(25)32-28(31-26)30-20-9-13-22(14-10-20)35-17-15-34(3)16-18-35/h9-10,13-14,19,21H,4-8,11-12,15-18H2,1-3H3,(H2,29,30,31,32). The number of nitrogens with one attached hydrogen (secondary N) is 2. The van der Waals surface area contributed by atoms with Crippen LogP contribution >= 0.6 is 11.3 Å². The molecule has 3 heterocycles. The SMILES string of the molecule is CN1CCN(c2ccc(Nc3nc(NC4CCC(N(C)C)CC4)c4c5c(sc4n3)CCC5)cc2)CC1. The highest BCUT2D eigenvalue weighted by molar-refractivity contribution is 7.19. The van der Waals surface area contributed by atoms with Crippen molar-refractivity contribution in [2.24, 2.45) is 0 Å². The van der Waals surface area contributed by atoms with Gasteiger partial charge in [0.25, 0.3) is 0 Å². The fraction of sp³-hybridized carbons (Fsp3) is 0.571. The normalized spacial score (nSPS) is 22.8. The molecule has 2 N–H and O–H groups in total. The maximum absolute atomic E-state index is 5.06. The molecule has 1 aromatic carbocycles. The van der Waals surface area contributed by atoms with Gasteiger partial charge in [-0.1, -0.05) is 0 Å². The molecular formula is C28H39N7S. The van der Waals surface area contributed by atoms with Gasteiger partial charge in [0, 0.05) is 54.5 Å². The number of aromatic nitrogens is 2. The van der Waals surface area contributed by atoms with Crippen LogP contribution in [-0.2, 0) is 12.8 Å². The number of benzene rings is 1. The molecule has 2 fully saturated rings. The van der Waals surface area contributed by atoms with Crippen molar-refractivity contribution in [2.75, 3.05) is 62.9 Å². The Bertz CT molecular complexity index is 1190. The summed E-state index contributed by atoms with van der Waals surface area (Å²) in [7, 11) is 6.61. The molecular weight excluding hydrogens is 466 g/mol. The molecule has 192 valence electrons. The number of rotatable bonds is 6. The van der Waals surface area contributed by atoms with Gasteiger partial charge in [-0.25, -0.2) is 4.98 Å². The van der Waals surface area contributed by atoms with Gasteiger partial charge in [0.1, 0.15) is 10.6 Å². The van der Waals surface area contributed by atoms with E-state index in [4.69, 9.17) is 9.97 Å². The number of piperazine rings is 1. The molecule has 0 bridgehead atoms. The summed E-state index contributed by atoms with van der Waals surface area (Å²) in [5.41, 5.74) is 3.81. The first-order valence-electron chi connectivity index (χ1n) is 13.6. The number of nitrogens with zero attached hydrogens (tertiary/aromatic N) is 5. The van der Waals surface area contributed by atoms with Crippen LogP contribution in [0.25, 0.3) is 10.2 Å². The van der Waals surface area contributed by atoms with Crippen LogP contribution in [0.1, 0.15) is 42.5 Å². The monoisotopic (exact) mass is 505 g/mol. The predicted octanol–water partition coefficient (Wildman–Crippen LogP) is 4.96. The Kier molecular flexibility index (Phi) is 6.75. The summed E-state index contributed by atoms with van der Waals surface area (Å²) < 4.78 is 0. The highest BCUT2D eigenvalue weighted by atomic mass is 32.1. The van der Waals surface area contributed by atoms with Crippen LogP contribution in [0.3, 0.4) is 0 Å². The Morgan fingerprint density at radius 1 is 0.944 bits per heavy atom. The number of hydrogen-bond acceptors (Lipinski definition) is 8. The Morgan fingerprint density at radius 3 is 2.42 bits per heavy atom. The zero-order chi connectivity index (χ0) is 24.6. The Balaban J connectivity index is 1.22. The molecule has 0 unspecified atom stereocenters. The molecule has 3 aliphatic rings. The van der Waals surface area contributed by atoms with E-state index in [1.165, 1.54) is 60.0 Å². The van der Waals surface area contributed by atoms with Crippen molar-refractivity contribution in [1.82, 2.24) is 19.8 Å². The van der Waals surface area contributed by atoms with Gasteiger partial charge in [-0.2, -0.15) is 4.98 Å². The van der Waals surface area contributed by atoms with Crippen LogP contribution < -0.4 is 15.5 Å². The van der Waals surface area contributed by atoms with E-state index in [0.717, 1.165) is 48.9 Å². The first kappa shape index (κ1) is 23.9.